The van der Waals surface area contributed by atoms with Gasteiger partial charge in [0, 0.05) is 19.3 Å². The van der Waals surface area contributed by atoms with Gasteiger partial charge in [0.15, 0.2) is 6.10 Å². The molecular weight excluding hydrogens is 901 g/mol. The van der Waals surface area contributed by atoms with E-state index in [-0.39, 0.29) is 31.1 Å². The molecule has 0 spiro atoms. The molecule has 0 aromatic heterocycles. The maximum Gasteiger partial charge on any atom is 0.306 e. The van der Waals surface area contributed by atoms with Crippen molar-refractivity contribution in [1.82, 2.24) is 0 Å². The number of allylic oxidation sites excluding steroid dienone is 2. The van der Waals surface area contributed by atoms with Crippen LogP contribution in [0.25, 0.3) is 0 Å². The molecule has 0 aromatic carbocycles. The summed E-state index contributed by atoms with van der Waals surface area (Å²) in [5, 5.41) is 0. The lowest BCUT2D eigenvalue weighted by Crippen LogP contribution is -2.30. The molecule has 1 atom stereocenters. The second-order valence-corrected chi connectivity index (χ2v) is 22.7. The van der Waals surface area contributed by atoms with Crippen LogP contribution in [0.5, 0.6) is 0 Å². The van der Waals surface area contributed by atoms with E-state index in [4.69, 9.17) is 14.2 Å². The molecule has 0 unspecified atom stereocenters. The molecule has 0 bridgehead atoms. The minimum Gasteiger partial charge on any atom is -0.462 e. The van der Waals surface area contributed by atoms with Gasteiger partial charge in [0.1, 0.15) is 13.2 Å². The highest BCUT2D eigenvalue weighted by atomic mass is 16.6. The first-order valence-electron chi connectivity index (χ1n) is 33.2. The molecule has 0 aliphatic heterocycles. The third kappa shape index (κ3) is 60.9. The van der Waals surface area contributed by atoms with Crippen LogP contribution in [0.3, 0.4) is 0 Å². The van der Waals surface area contributed by atoms with Crippen molar-refractivity contribution in [3.63, 3.8) is 0 Å². The first-order valence-corrected chi connectivity index (χ1v) is 33.2. The Balaban J connectivity index is 4.30. The van der Waals surface area contributed by atoms with Crippen LogP contribution >= 0.6 is 0 Å². The monoisotopic (exact) mass is 1030 g/mol. The van der Waals surface area contributed by atoms with Gasteiger partial charge in [-0.25, -0.2) is 0 Å². The maximum atomic E-state index is 12.9. The number of ether oxygens (including phenoxy) is 3. The maximum absolute atomic E-state index is 12.9. The molecule has 432 valence electrons. The Morgan fingerprint density at radius 1 is 0.260 bits per heavy atom. The highest BCUT2D eigenvalue weighted by molar-refractivity contribution is 5.71. The first kappa shape index (κ1) is 71.2. The minimum absolute atomic E-state index is 0.0635. The molecule has 0 N–H and O–H groups in total. The average Bonchev–Trinajstić information content (AvgIpc) is 3.39. The lowest BCUT2D eigenvalue weighted by molar-refractivity contribution is -0.167. The number of rotatable bonds is 62. The van der Waals surface area contributed by atoms with Crippen molar-refractivity contribution >= 4 is 17.9 Å². The van der Waals surface area contributed by atoms with E-state index in [1.54, 1.807) is 0 Å². The molecule has 0 rings (SSSR count). The van der Waals surface area contributed by atoms with Crippen LogP contribution < -0.4 is 0 Å². The van der Waals surface area contributed by atoms with Crippen LogP contribution in [0.1, 0.15) is 380 Å². The summed E-state index contributed by atoms with van der Waals surface area (Å²) in [6, 6.07) is 0. The molecule has 6 heteroatoms. The predicted octanol–water partition coefficient (Wildman–Crippen LogP) is 22.4. The highest BCUT2D eigenvalue weighted by Gasteiger charge is 2.19. The lowest BCUT2D eigenvalue weighted by Gasteiger charge is -2.18. The van der Waals surface area contributed by atoms with Gasteiger partial charge in [-0.2, -0.15) is 0 Å². The molecule has 0 fully saturated rings. The van der Waals surface area contributed by atoms with Gasteiger partial charge >= 0.3 is 17.9 Å². The Kier molecular flexibility index (Phi) is 61.1. The first-order chi connectivity index (χ1) is 36.0. The van der Waals surface area contributed by atoms with Crippen molar-refractivity contribution in [2.75, 3.05) is 13.2 Å². The van der Waals surface area contributed by atoms with Gasteiger partial charge in [-0.3, -0.25) is 14.4 Å². The lowest BCUT2D eigenvalue weighted by atomic mass is 10.0. The van der Waals surface area contributed by atoms with Crippen LogP contribution in [0.2, 0.25) is 0 Å². The summed E-state index contributed by atoms with van der Waals surface area (Å²) in [5.41, 5.74) is 0. The summed E-state index contributed by atoms with van der Waals surface area (Å²) >= 11 is 0. The van der Waals surface area contributed by atoms with Crippen molar-refractivity contribution in [1.29, 1.82) is 0 Å². The zero-order valence-electron chi connectivity index (χ0n) is 49.7. The largest absolute Gasteiger partial charge is 0.462 e. The molecule has 73 heavy (non-hydrogen) atoms. The smallest absolute Gasteiger partial charge is 0.306 e. The third-order valence-corrected chi connectivity index (χ3v) is 15.3. The average molecular weight is 1030 g/mol. The fourth-order valence-electron chi connectivity index (χ4n) is 10.3. The van der Waals surface area contributed by atoms with Crippen LogP contribution in [0, 0.1) is 0 Å². The van der Waals surface area contributed by atoms with E-state index in [1.807, 2.05) is 0 Å². The van der Waals surface area contributed by atoms with E-state index in [0.29, 0.717) is 19.3 Å². The zero-order valence-corrected chi connectivity index (χ0v) is 49.7. The van der Waals surface area contributed by atoms with Crippen molar-refractivity contribution < 1.29 is 28.6 Å². The van der Waals surface area contributed by atoms with Crippen LogP contribution in [0.4, 0.5) is 0 Å². The third-order valence-electron chi connectivity index (χ3n) is 15.3. The Bertz CT molecular complexity index is 1130. The molecule has 0 heterocycles. The fraction of sp³-hybridized carbons (Fsp3) is 0.925. The summed E-state index contributed by atoms with van der Waals surface area (Å²) < 4.78 is 17.0. The number of hydrogen-bond donors (Lipinski definition) is 0. The predicted molar refractivity (Wildman–Crippen MR) is 317 cm³/mol. The van der Waals surface area contributed by atoms with Crippen LogP contribution in [-0.2, 0) is 28.6 Å². The van der Waals surface area contributed by atoms with E-state index < -0.39 is 6.10 Å². The number of unbranched alkanes of at least 4 members (excludes halogenated alkanes) is 49. The van der Waals surface area contributed by atoms with E-state index >= 15 is 0 Å². The molecule has 0 saturated heterocycles. The van der Waals surface area contributed by atoms with E-state index in [1.165, 1.54) is 283 Å². The van der Waals surface area contributed by atoms with Gasteiger partial charge < -0.3 is 14.2 Å². The molecule has 0 amide bonds. The summed E-state index contributed by atoms with van der Waals surface area (Å²) in [6.45, 7) is 6.72. The van der Waals surface area contributed by atoms with E-state index in [2.05, 4.69) is 32.9 Å². The summed E-state index contributed by atoms with van der Waals surface area (Å²) in [6.07, 6.45) is 73.6. The van der Waals surface area contributed by atoms with Gasteiger partial charge in [-0.1, -0.05) is 328 Å². The standard InChI is InChI=1S/C67H128O6/c1-4-7-10-13-16-19-22-25-28-31-34-37-39-42-45-48-51-54-57-60-66(69)72-63-64(73-67(70)61-58-55-52-49-46-43-40-36-33-30-27-24-21-18-15-12-9-6-3)62-71-65(68)59-56-53-50-47-44-41-38-35-32-29-26-23-20-17-14-11-8-5-2/h25,28,64H,4-24,26-27,29-63H2,1-3H3/b28-25+/t64-/m1/s1. The Hall–Kier alpha value is -1.85. The fourth-order valence-corrected chi connectivity index (χ4v) is 10.3. The normalized spacial score (nSPS) is 12.0. The molecule has 0 aliphatic carbocycles. The quantitative estimate of drug-likeness (QED) is 0.0261. The van der Waals surface area contributed by atoms with Crippen LogP contribution in [0.15, 0.2) is 12.2 Å². The van der Waals surface area contributed by atoms with Gasteiger partial charge in [0.2, 0.25) is 0 Å². The van der Waals surface area contributed by atoms with Crippen LogP contribution in [-0.4, -0.2) is 37.2 Å². The van der Waals surface area contributed by atoms with E-state index in [9.17, 15) is 14.4 Å². The molecule has 0 aliphatic rings. The Labute approximate surface area is 456 Å². The second kappa shape index (κ2) is 62.7. The van der Waals surface area contributed by atoms with Crippen molar-refractivity contribution in [2.45, 2.75) is 386 Å². The van der Waals surface area contributed by atoms with Gasteiger partial charge in [-0.05, 0) is 44.9 Å². The van der Waals surface area contributed by atoms with Crippen molar-refractivity contribution in [3.8, 4) is 0 Å². The summed E-state index contributed by atoms with van der Waals surface area (Å²) in [4.78, 5) is 38.4. The summed E-state index contributed by atoms with van der Waals surface area (Å²) in [5.74, 6) is -0.831. The number of esters is 3. The van der Waals surface area contributed by atoms with Gasteiger partial charge in [-0.15, -0.1) is 0 Å². The van der Waals surface area contributed by atoms with Crippen molar-refractivity contribution in [3.05, 3.63) is 12.2 Å². The number of carbonyl (C=O) groups excluding carboxylic acids is 3. The molecule has 0 aromatic rings. The number of carbonyl (C=O) groups is 3. The number of hydrogen-bond acceptors (Lipinski definition) is 6. The topological polar surface area (TPSA) is 78.9 Å². The highest BCUT2D eigenvalue weighted by Crippen LogP contribution is 2.18. The Morgan fingerprint density at radius 3 is 0.685 bits per heavy atom. The minimum atomic E-state index is -0.766. The molecule has 0 radical (unpaired) electrons. The zero-order chi connectivity index (χ0) is 52.9. The molecule has 6 nitrogen and oxygen atoms in total. The molecular formula is C67H128O6. The molecule has 0 saturated carbocycles. The van der Waals surface area contributed by atoms with Gasteiger partial charge in [0.05, 0.1) is 0 Å². The Morgan fingerprint density at radius 2 is 0.452 bits per heavy atom. The summed E-state index contributed by atoms with van der Waals surface area (Å²) in [7, 11) is 0. The van der Waals surface area contributed by atoms with Gasteiger partial charge in [0.25, 0.3) is 0 Å². The second-order valence-electron chi connectivity index (χ2n) is 22.7. The SMILES string of the molecule is CCCCCCCC/C=C/CCCCCCCCCCCC(=O)OC[C@@H](COC(=O)CCCCCCCCCCCCCCCCCCCC)OC(=O)CCCCCCCCCCCCCCCCCCCC. The van der Waals surface area contributed by atoms with Crippen molar-refractivity contribution in [2.24, 2.45) is 0 Å². The van der Waals surface area contributed by atoms with E-state index in [0.717, 1.165) is 57.8 Å².